The van der Waals surface area contributed by atoms with Gasteiger partial charge in [0.2, 0.25) is 0 Å². The van der Waals surface area contributed by atoms with Crippen molar-refractivity contribution in [2.24, 2.45) is 0 Å². The fourth-order valence-electron chi connectivity index (χ4n) is 1.15. The molecular formula is C28H46. The van der Waals surface area contributed by atoms with Gasteiger partial charge in [-0.3, -0.25) is 0 Å². The second-order valence-corrected chi connectivity index (χ2v) is 4.88. The van der Waals surface area contributed by atoms with Crippen molar-refractivity contribution in [1.29, 1.82) is 0 Å². The second kappa shape index (κ2) is 44.3. The van der Waals surface area contributed by atoms with Crippen LogP contribution < -0.4 is 0 Å². The van der Waals surface area contributed by atoms with E-state index in [-0.39, 0.29) is 0 Å². The van der Waals surface area contributed by atoms with E-state index in [9.17, 15) is 0 Å². The lowest BCUT2D eigenvalue weighted by Gasteiger charge is -1.69. The van der Waals surface area contributed by atoms with Crippen LogP contribution in [0.4, 0.5) is 0 Å². The van der Waals surface area contributed by atoms with Crippen molar-refractivity contribution in [3.05, 3.63) is 109 Å². The van der Waals surface area contributed by atoms with Crippen LogP contribution in [0.1, 0.15) is 68.2 Å². The molecule has 0 heterocycles. The Kier molecular flexibility index (Phi) is 52.6. The van der Waals surface area contributed by atoms with Crippen LogP contribution in [0.25, 0.3) is 0 Å². The number of hydrogen-bond donors (Lipinski definition) is 0. The molecule has 0 spiro atoms. The summed E-state index contributed by atoms with van der Waals surface area (Å²) in [4.78, 5) is 0. The van der Waals surface area contributed by atoms with Gasteiger partial charge < -0.3 is 0 Å². The lowest BCUT2D eigenvalue weighted by atomic mass is 10.4. The second-order valence-electron chi connectivity index (χ2n) is 4.88. The van der Waals surface area contributed by atoms with Crippen LogP contribution in [0, 0.1) is 0 Å². The molecule has 0 atom stereocenters. The molecular weight excluding hydrogens is 336 g/mol. The largest absolute Gasteiger partial charge is 0.0683 e. The Bertz CT molecular complexity index is 317. The maximum atomic E-state index is 2.12. The Morgan fingerprint density at radius 2 is 0.286 bits per heavy atom. The highest BCUT2D eigenvalue weighted by Gasteiger charge is 1.59. The molecule has 0 fully saturated rings. The van der Waals surface area contributed by atoms with Gasteiger partial charge >= 0.3 is 0 Å². The first-order valence-corrected chi connectivity index (χ1v) is 10.8. The Labute approximate surface area is 177 Å². The van der Waals surface area contributed by atoms with Crippen molar-refractivity contribution in [2.75, 3.05) is 0 Å². The zero-order valence-electron chi connectivity index (χ0n) is 19.8. The number of hydrogen-bond acceptors (Lipinski definition) is 0. The van der Waals surface area contributed by atoms with E-state index in [4.69, 9.17) is 0 Å². The molecule has 0 bridgehead atoms. The lowest BCUT2D eigenvalue weighted by molar-refractivity contribution is 1.09. The van der Waals surface area contributed by atoms with Gasteiger partial charge in [-0.25, -0.2) is 0 Å². The third-order valence-corrected chi connectivity index (χ3v) is 2.00. The first kappa shape index (κ1) is 33.3. The van der Waals surface area contributed by atoms with Crippen LogP contribution in [-0.2, 0) is 0 Å². The molecule has 158 valence electrons. The summed E-state index contributed by atoms with van der Waals surface area (Å²) in [5.41, 5.74) is 0. The Hall–Kier alpha value is -2.34. The molecule has 3 aromatic rings. The molecule has 3 aromatic carbocycles. The van der Waals surface area contributed by atoms with Gasteiger partial charge in [0.25, 0.3) is 0 Å². The van der Waals surface area contributed by atoms with E-state index >= 15 is 0 Å². The highest BCUT2D eigenvalue weighted by atomic mass is 13.7. The first-order chi connectivity index (χ1) is 13.8. The summed E-state index contributed by atoms with van der Waals surface area (Å²) >= 11 is 0. The van der Waals surface area contributed by atoms with E-state index in [1.807, 2.05) is 137 Å². The van der Waals surface area contributed by atoms with Crippen LogP contribution in [0.15, 0.2) is 109 Å². The van der Waals surface area contributed by atoms with Crippen LogP contribution >= 0.6 is 0 Å². The van der Waals surface area contributed by atoms with Crippen molar-refractivity contribution in [1.82, 2.24) is 0 Å². The van der Waals surface area contributed by atoms with E-state index in [1.54, 1.807) is 0 Å². The lowest BCUT2D eigenvalue weighted by Crippen LogP contribution is -1.47. The van der Waals surface area contributed by atoms with Crippen LogP contribution in [0.3, 0.4) is 0 Å². The van der Waals surface area contributed by atoms with E-state index in [2.05, 4.69) is 27.7 Å². The minimum atomic E-state index is 1.25. The van der Waals surface area contributed by atoms with Gasteiger partial charge in [0.1, 0.15) is 0 Å². The molecule has 0 saturated carbocycles. The molecule has 0 radical (unpaired) electrons. The summed E-state index contributed by atoms with van der Waals surface area (Å²) in [6, 6.07) is 36.0. The van der Waals surface area contributed by atoms with Gasteiger partial charge in [-0.05, 0) is 0 Å². The average Bonchev–Trinajstić information content (AvgIpc) is 2.82. The molecule has 0 aliphatic heterocycles. The zero-order chi connectivity index (χ0) is 22.1. The third kappa shape index (κ3) is 49.5. The minimum Gasteiger partial charge on any atom is -0.0683 e. The van der Waals surface area contributed by atoms with Crippen molar-refractivity contribution in [3.8, 4) is 0 Å². The van der Waals surface area contributed by atoms with Crippen LogP contribution in [-0.4, -0.2) is 0 Å². The standard InChI is InChI=1S/3C6H6.2C3H8.2C2H6/c3*1-2-4-6-5-3-1;2*1-3-2;2*1-2/h3*1-6H;2*3H2,1-2H3;2*1-2H3. The van der Waals surface area contributed by atoms with Gasteiger partial charge in [0.15, 0.2) is 0 Å². The Morgan fingerprint density at radius 1 is 0.250 bits per heavy atom. The zero-order valence-corrected chi connectivity index (χ0v) is 19.8. The van der Waals surface area contributed by atoms with Gasteiger partial charge in [-0.1, -0.05) is 177 Å². The van der Waals surface area contributed by atoms with Gasteiger partial charge in [0, 0.05) is 0 Å². The quantitative estimate of drug-likeness (QED) is 0.363. The van der Waals surface area contributed by atoms with E-state index in [0.717, 1.165) is 0 Å². The van der Waals surface area contributed by atoms with E-state index in [0.29, 0.717) is 0 Å². The van der Waals surface area contributed by atoms with Crippen LogP contribution in [0.5, 0.6) is 0 Å². The Morgan fingerprint density at radius 3 is 0.321 bits per heavy atom. The van der Waals surface area contributed by atoms with E-state index < -0.39 is 0 Å². The molecule has 0 amide bonds. The van der Waals surface area contributed by atoms with Crippen molar-refractivity contribution in [2.45, 2.75) is 68.2 Å². The van der Waals surface area contributed by atoms with Crippen molar-refractivity contribution >= 4 is 0 Å². The summed E-state index contributed by atoms with van der Waals surface area (Å²) in [6.45, 7) is 16.5. The predicted molar refractivity (Wildman–Crippen MR) is 134 cm³/mol. The highest BCUT2D eigenvalue weighted by Crippen LogP contribution is 1.81. The minimum absolute atomic E-state index is 1.25. The maximum Gasteiger partial charge on any atom is -0.0590 e. The highest BCUT2D eigenvalue weighted by molar-refractivity contribution is 5.00. The van der Waals surface area contributed by atoms with Crippen LogP contribution in [0.2, 0.25) is 0 Å². The summed E-state index contributed by atoms with van der Waals surface area (Å²) in [5, 5.41) is 0. The number of rotatable bonds is 0. The summed E-state index contributed by atoms with van der Waals surface area (Å²) in [5.74, 6) is 0. The van der Waals surface area contributed by atoms with Gasteiger partial charge in [-0.2, -0.15) is 0 Å². The third-order valence-electron chi connectivity index (χ3n) is 2.00. The fourth-order valence-corrected chi connectivity index (χ4v) is 1.15. The van der Waals surface area contributed by atoms with Crippen molar-refractivity contribution < 1.29 is 0 Å². The monoisotopic (exact) mass is 382 g/mol. The SMILES string of the molecule is CC.CC.CCC.CCC.c1ccccc1.c1ccccc1.c1ccccc1. The summed E-state index contributed by atoms with van der Waals surface area (Å²) in [6.07, 6.45) is 2.50. The molecule has 0 saturated heterocycles. The molecule has 0 N–H and O–H groups in total. The molecule has 3 rings (SSSR count). The molecule has 0 nitrogen and oxygen atoms in total. The molecule has 0 aliphatic rings. The molecule has 0 aliphatic carbocycles. The van der Waals surface area contributed by atoms with E-state index in [1.165, 1.54) is 12.8 Å². The van der Waals surface area contributed by atoms with Gasteiger partial charge in [-0.15, -0.1) is 0 Å². The average molecular weight is 383 g/mol. The smallest absolute Gasteiger partial charge is 0.0590 e. The molecule has 0 unspecified atom stereocenters. The first-order valence-electron chi connectivity index (χ1n) is 10.8. The maximum absolute atomic E-state index is 2.12. The number of benzene rings is 3. The fraction of sp³-hybridized carbons (Fsp3) is 0.357. The predicted octanol–water partition coefficient (Wildman–Crippen LogP) is 9.94. The van der Waals surface area contributed by atoms with Crippen molar-refractivity contribution in [3.63, 3.8) is 0 Å². The van der Waals surface area contributed by atoms with Gasteiger partial charge in [0.05, 0.1) is 0 Å². The molecule has 0 aromatic heterocycles. The summed E-state index contributed by atoms with van der Waals surface area (Å²) < 4.78 is 0. The summed E-state index contributed by atoms with van der Waals surface area (Å²) in [7, 11) is 0. The molecule has 28 heavy (non-hydrogen) atoms. The normalized spacial score (nSPS) is 6.86. The Balaban J connectivity index is -0.000000127. The topological polar surface area (TPSA) is 0 Å². The molecule has 0 heteroatoms.